The maximum absolute atomic E-state index is 5.59. The van der Waals surface area contributed by atoms with Gasteiger partial charge in [0.15, 0.2) is 0 Å². The molecule has 1 nitrogen and oxygen atoms in total. The molecule has 0 spiro atoms. The molecule has 1 heterocycles. The minimum Gasteiger partial charge on any atom is -0.472 e. The number of rotatable bonds is 0. The van der Waals surface area contributed by atoms with Gasteiger partial charge in [-0.15, -0.1) is 0 Å². The predicted molar refractivity (Wildman–Crippen MR) is 86.3 cm³/mol. The van der Waals surface area contributed by atoms with E-state index in [1.165, 1.54) is 50.5 Å². The largest absolute Gasteiger partial charge is 0.472 e. The SMILES string of the molecule is CC1(C)CCC[C@]2(C)C3CCc4cocc4[C@]3(C)CC[C@@H]12. The lowest BCUT2D eigenvalue weighted by molar-refractivity contribution is -0.110. The standard InChI is InChI=1S/C20H30O/c1-18(2)9-5-10-20(4)16(18)8-11-19(3)15-13-21-12-14(15)6-7-17(19)20/h12-13,16-17H,5-11H2,1-4H3/t16-,17?,19-,20-/m0/s1. The van der Waals surface area contributed by atoms with Gasteiger partial charge in [-0.2, -0.15) is 0 Å². The fourth-order valence-electron chi connectivity index (χ4n) is 6.94. The van der Waals surface area contributed by atoms with Crippen molar-refractivity contribution in [2.24, 2.45) is 22.7 Å². The van der Waals surface area contributed by atoms with Crippen LogP contribution in [0, 0.1) is 22.7 Å². The van der Waals surface area contributed by atoms with E-state index in [1.807, 2.05) is 6.26 Å². The van der Waals surface area contributed by atoms with Crippen molar-refractivity contribution in [1.29, 1.82) is 0 Å². The predicted octanol–water partition coefficient (Wildman–Crippen LogP) is 5.73. The van der Waals surface area contributed by atoms with Crippen LogP contribution in [0.15, 0.2) is 16.9 Å². The third-order valence-electron chi connectivity index (χ3n) is 7.85. The molecule has 1 heteroatoms. The van der Waals surface area contributed by atoms with Crippen LogP contribution in [0.1, 0.15) is 77.3 Å². The van der Waals surface area contributed by atoms with Crippen molar-refractivity contribution in [2.45, 2.75) is 78.1 Å². The first-order chi connectivity index (χ1) is 9.88. The highest BCUT2D eigenvalue weighted by Gasteiger charge is 2.59. The van der Waals surface area contributed by atoms with Crippen LogP contribution in [-0.2, 0) is 11.8 Å². The van der Waals surface area contributed by atoms with Gasteiger partial charge in [0, 0.05) is 0 Å². The second kappa shape index (κ2) is 4.18. The molecule has 0 bridgehead atoms. The van der Waals surface area contributed by atoms with Crippen LogP contribution >= 0.6 is 0 Å². The van der Waals surface area contributed by atoms with Gasteiger partial charge in [0.1, 0.15) is 0 Å². The first kappa shape index (κ1) is 13.9. The van der Waals surface area contributed by atoms with Gasteiger partial charge in [0.2, 0.25) is 0 Å². The Hall–Kier alpha value is -0.720. The van der Waals surface area contributed by atoms with Gasteiger partial charge in [-0.3, -0.25) is 0 Å². The molecule has 0 amide bonds. The molecule has 21 heavy (non-hydrogen) atoms. The van der Waals surface area contributed by atoms with Crippen LogP contribution in [-0.4, -0.2) is 0 Å². The van der Waals surface area contributed by atoms with Crippen molar-refractivity contribution in [3.63, 3.8) is 0 Å². The molecule has 0 N–H and O–H groups in total. The quantitative estimate of drug-likeness (QED) is 0.594. The summed E-state index contributed by atoms with van der Waals surface area (Å²) in [5.74, 6) is 1.75. The number of hydrogen-bond donors (Lipinski definition) is 0. The van der Waals surface area contributed by atoms with E-state index in [0.717, 1.165) is 11.8 Å². The summed E-state index contributed by atoms with van der Waals surface area (Å²) in [4.78, 5) is 0. The van der Waals surface area contributed by atoms with Gasteiger partial charge in [-0.25, -0.2) is 0 Å². The molecule has 116 valence electrons. The van der Waals surface area contributed by atoms with Gasteiger partial charge in [-0.1, -0.05) is 34.1 Å². The van der Waals surface area contributed by atoms with Gasteiger partial charge in [0.05, 0.1) is 12.5 Å². The zero-order valence-corrected chi connectivity index (χ0v) is 14.2. The summed E-state index contributed by atoms with van der Waals surface area (Å²) >= 11 is 0. The molecule has 1 aromatic heterocycles. The lowest BCUT2D eigenvalue weighted by Gasteiger charge is -2.63. The third-order valence-corrected chi connectivity index (χ3v) is 7.85. The molecule has 4 rings (SSSR count). The first-order valence-electron chi connectivity index (χ1n) is 8.93. The summed E-state index contributed by atoms with van der Waals surface area (Å²) in [6.45, 7) is 10.2. The molecular formula is C20H30O. The molecule has 0 aromatic carbocycles. The average molecular weight is 286 g/mol. The van der Waals surface area contributed by atoms with Gasteiger partial charge >= 0.3 is 0 Å². The normalized spacial score (nSPS) is 44.6. The summed E-state index contributed by atoms with van der Waals surface area (Å²) in [6, 6.07) is 0. The molecule has 0 radical (unpaired) electrons. The Morgan fingerprint density at radius 1 is 0.952 bits per heavy atom. The van der Waals surface area contributed by atoms with Crippen LogP contribution in [0.25, 0.3) is 0 Å². The van der Waals surface area contributed by atoms with E-state index in [1.54, 1.807) is 5.56 Å². The van der Waals surface area contributed by atoms with E-state index in [4.69, 9.17) is 4.42 Å². The zero-order chi connectivity index (χ0) is 14.9. The summed E-state index contributed by atoms with van der Waals surface area (Å²) in [6.07, 6.45) is 13.7. The highest BCUT2D eigenvalue weighted by molar-refractivity contribution is 5.36. The fraction of sp³-hybridized carbons (Fsp3) is 0.800. The first-order valence-corrected chi connectivity index (χ1v) is 8.93. The monoisotopic (exact) mass is 286 g/mol. The lowest BCUT2D eigenvalue weighted by atomic mass is 9.41. The van der Waals surface area contributed by atoms with E-state index in [-0.39, 0.29) is 0 Å². The van der Waals surface area contributed by atoms with E-state index < -0.39 is 0 Å². The van der Waals surface area contributed by atoms with Crippen molar-refractivity contribution < 1.29 is 4.42 Å². The molecule has 2 saturated carbocycles. The Kier molecular flexibility index (Phi) is 2.77. The van der Waals surface area contributed by atoms with Crippen molar-refractivity contribution in [2.75, 3.05) is 0 Å². The van der Waals surface area contributed by atoms with Gasteiger partial charge in [-0.05, 0) is 77.7 Å². The van der Waals surface area contributed by atoms with E-state index in [9.17, 15) is 0 Å². The highest BCUT2D eigenvalue weighted by atomic mass is 16.3. The molecule has 4 atom stereocenters. The zero-order valence-electron chi connectivity index (χ0n) is 14.2. The summed E-state index contributed by atoms with van der Waals surface area (Å²) < 4.78 is 5.59. The Bertz CT molecular complexity index is 554. The summed E-state index contributed by atoms with van der Waals surface area (Å²) in [5, 5.41) is 0. The van der Waals surface area contributed by atoms with Gasteiger partial charge in [0.25, 0.3) is 0 Å². The van der Waals surface area contributed by atoms with Crippen LogP contribution in [0.2, 0.25) is 0 Å². The average Bonchev–Trinajstić information content (AvgIpc) is 2.86. The van der Waals surface area contributed by atoms with Crippen molar-refractivity contribution in [3.05, 3.63) is 23.7 Å². The number of aryl methyl sites for hydroxylation is 1. The van der Waals surface area contributed by atoms with Crippen molar-refractivity contribution >= 4 is 0 Å². The smallest absolute Gasteiger partial charge is 0.0943 e. The minimum atomic E-state index is 0.360. The Morgan fingerprint density at radius 3 is 2.57 bits per heavy atom. The molecule has 0 aliphatic heterocycles. The number of hydrogen-bond acceptors (Lipinski definition) is 1. The van der Waals surface area contributed by atoms with E-state index in [0.29, 0.717) is 16.2 Å². The van der Waals surface area contributed by atoms with Crippen molar-refractivity contribution in [1.82, 2.24) is 0 Å². The molecule has 1 aromatic rings. The van der Waals surface area contributed by atoms with Crippen LogP contribution in [0.5, 0.6) is 0 Å². The third kappa shape index (κ3) is 1.69. The van der Waals surface area contributed by atoms with Crippen molar-refractivity contribution in [3.8, 4) is 0 Å². The summed E-state index contributed by atoms with van der Waals surface area (Å²) in [7, 11) is 0. The number of fused-ring (bicyclic) bond motifs is 5. The van der Waals surface area contributed by atoms with E-state index in [2.05, 4.69) is 34.0 Å². The molecule has 3 aliphatic carbocycles. The van der Waals surface area contributed by atoms with Crippen LogP contribution in [0.4, 0.5) is 0 Å². The maximum atomic E-state index is 5.59. The van der Waals surface area contributed by atoms with Crippen LogP contribution < -0.4 is 0 Å². The second-order valence-electron chi connectivity index (χ2n) is 9.26. The Morgan fingerprint density at radius 2 is 1.76 bits per heavy atom. The minimum absolute atomic E-state index is 0.360. The molecular weight excluding hydrogens is 256 g/mol. The van der Waals surface area contributed by atoms with E-state index >= 15 is 0 Å². The Labute approximate surface area is 129 Å². The summed E-state index contributed by atoms with van der Waals surface area (Å²) in [5.41, 5.74) is 4.46. The number of furan rings is 1. The lowest BCUT2D eigenvalue weighted by Crippen LogP contribution is -2.57. The fourth-order valence-corrected chi connectivity index (χ4v) is 6.94. The Balaban J connectivity index is 1.80. The molecule has 0 saturated heterocycles. The molecule has 1 unspecified atom stereocenters. The van der Waals surface area contributed by atoms with Crippen LogP contribution in [0.3, 0.4) is 0 Å². The second-order valence-corrected chi connectivity index (χ2v) is 9.26. The van der Waals surface area contributed by atoms with Gasteiger partial charge < -0.3 is 4.42 Å². The molecule has 2 fully saturated rings. The highest BCUT2D eigenvalue weighted by Crippen LogP contribution is 2.66. The topological polar surface area (TPSA) is 13.1 Å². The molecule has 3 aliphatic rings. The maximum Gasteiger partial charge on any atom is 0.0943 e.